The number of ether oxygens (including phenoxy) is 2. The van der Waals surface area contributed by atoms with E-state index in [0.717, 1.165) is 22.4 Å². The van der Waals surface area contributed by atoms with Crippen LogP contribution in [0.5, 0.6) is 11.5 Å². The Morgan fingerprint density at radius 3 is 2.62 bits per heavy atom. The third-order valence-electron chi connectivity index (χ3n) is 5.96. The van der Waals surface area contributed by atoms with E-state index >= 15 is 0 Å². The molecule has 4 aromatic rings. The number of carboxylic acid groups (broad SMARTS) is 1. The average molecular weight is 613 g/mol. The molecule has 10 heteroatoms. The van der Waals surface area contributed by atoms with Gasteiger partial charge in [0.05, 0.1) is 33.2 Å². The van der Waals surface area contributed by atoms with Crippen molar-refractivity contribution >= 4 is 50.6 Å². The van der Waals surface area contributed by atoms with Crippen LogP contribution in [0.2, 0.25) is 5.02 Å². The van der Waals surface area contributed by atoms with Gasteiger partial charge in [0.25, 0.3) is 5.56 Å². The van der Waals surface area contributed by atoms with Crippen molar-refractivity contribution in [2.45, 2.75) is 33.6 Å². The van der Waals surface area contributed by atoms with Gasteiger partial charge in [-0.3, -0.25) is 4.79 Å². The Labute approximate surface area is 239 Å². The van der Waals surface area contributed by atoms with Crippen LogP contribution < -0.4 is 15.0 Å². The van der Waals surface area contributed by atoms with Gasteiger partial charge in [-0.15, -0.1) is 0 Å². The van der Waals surface area contributed by atoms with E-state index in [4.69, 9.17) is 31.2 Å². The van der Waals surface area contributed by atoms with Gasteiger partial charge in [-0.2, -0.15) is 9.78 Å². The van der Waals surface area contributed by atoms with Crippen LogP contribution in [0.25, 0.3) is 22.3 Å². The molecule has 4 rings (SSSR count). The van der Waals surface area contributed by atoms with Gasteiger partial charge < -0.3 is 14.6 Å². The fourth-order valence-corrected chi connectivity index (χ4v) is 5.12. The molecule has 8 nitrogen and oxygen atoms in total. The minimum atomic E-state index is -1.12. The molecular formula is C29H27BrClN3O5. The molecule has 0 saturated carbocycles. The minimum absolute atomic E-state index is 0.177. The zero-order chi connectivity index (χ0) is 28.3. The number of hydrogen-bond acceptors (Lipinski definition) is 6. The second kappa shape index (κ2) is 12.0. The lowest BCUT2D eigenvalue weighted by atomic mass is 9.96. The molecule has 0 amide bonds. The number of halogens is 2. The van der Waals surface area contributed by atoms with Gasteiger partial charge in [0.2, 0.25) is 0 Å². The van der Waals surface area contributed by atoms with Crippen LogP contribution in [0.1, 0.15) is 43.4 Å². The standard InChI is InChI=1S/C29H27BrClN3O5/c1-5-38-25-10-17(4)21(13-20(25)16(2)3)28-33-24-9-7-6-8-19(24)29(37)34(28)32-14-18-11-22(30)27(23(31)12-18)39-15-26(35)36/h6-14,16H,5,15H2,1-4H3,(H,35,36). The maximum atomic E-state index is 13.7. The maximum absolute atomic E-state index is 13.7. The molecule has 0 aliphatic heterocycles. The molecule has 1 N–H and O–H groups in total. The van der Waals surface area contributed by atoms with Crippen LogP contribution in [-0.2, 0) is 4.79 Å². The molecule has 39 heavy (non-hydrogen) atoms. The summed E-state index contributed by atoms with van der Waals surface area (Å²) in [6, 6.07) is 14.4. The van der Waals surface area contributed by atoms with Crippen molar-refractivity contribution in [1.82, 2.24) is 9.66 Å². The zero-order valence-corrected chi connectivity index (χ0v) is 24.2. The second-order valence-corrected chi connectivity index (χ2v) is 10.4. The summed E-state index contributed by atoms with van der Waals surface area (Å²) < 4.78 is 12.9. The highest BCUT2D eigenvalue weighted by Gasteiger charge is 2.19. The first-order valence-electron chi connectivity index (χ1n) is 12.3. The number of para-hydroxylation sites is 1. The summed E-state index contributed by atoms with van der Waals surface area (Å²) >= 11 is 9.71. The van der Waals surface area contributed by atoms with Crippen LogP contribution in [0.4, 0.5) is 0 Å². The Kier molecular flexibility index (Phi) is 8.72. The Morgan fingerprint density at radius 1 is 1.21 bits per heavy atom. The van der Waals surface area contributed by atoms with E-state index in [1.165, 1.54) is 10.9 Å². The van der Waals surface area contributed by atoms with E-state index in [2.05, 4.69) is 34.9 Å². The fourth-order valence-electron chi connectivity index (χ4n) is 4.13. The number of aryl methyl sites for hydroxylation is 1. The third-order valence-corrected chi connectivity index (χ3v) is 6.83. The Balaban J connectivity index is 1.88. The van der Waals surface area contributed by atoms with Gasteiger partial charge in [-0.05, 0) is 88.8 Å². The summed E-state index contributed by atoms with van der Waals surface area (Å²) in [5.74, 6) is 0.453. The van der Waals surface area contributed by atoms with Crippen LogP contribution in [0.3, 0.4) is 0 Å². The van der Waals surface area contributed by atoms with Crippen LogP contribution >= 0.6 is 27.5 Å². The fraction of sp³-hybridized carbons (Fsp3) is 0.241. The number of aliphatic carboxylic acids is 1. The lowest BCUT2D eigenvalue weighted by Crippen LogP contribution is -2.21. The summed E-state index contributed by atoms with van der Waals surface area (Å²) in [6.07, 6.45) is 1.49. The SMILES string of the molecule is CCOc1cc(C)c(-c2nc3ccccc3c(=O)n2N=Cc2cc(Cl)c(OCC(=O)O)c(Br)c2)cc1C(C)C. The highest BCUT2D eigenvalue weighted by molar-refractivity contribution is 9.10. The van der Waals surface area contributed by atoms with E-state index in [0.29, 0.717) is 33.4 Å². The van der Waals surface area contributed by atoms with E-state index in [1.807, 2.05) is 32.0 Å². The molecule has 0 aliphatic rings. The third kappa shape index (κ3) is 6.15. The number of rotatable bonds is 9. The van der Waals surface area contributed by atoms with Crippen molar-refractivity contribution in [3.8, 4) is 22.9 Å². The lowest BCUT2D eigenvalue weighted by molar-refractivity contribution is -0.139. The molecular weight excluding hydrogens is 586 g/mol. The van der Waals surface area contributed by atoms with Crippen molar-refractivity contribution < 1.29 is 19.4 Å². The van der Waals surface area contributed by atoms with Gasteiger partial charge in [0, 0.05) is 5.56 Å². The highest BCUT2D eigenvalue weighted by Crippen LogP contribution is 2.35. The van der Waals surface area contributed by atoms with Crippen molar-refractivity contribution in [2.24, 2.45) is 5.10 Å². The summed E-state index contributed by atoms with van der Waals surface area (Å²) in [5.41, 5.74) is 3.46. The quantitative estimate of drug-likeness (QED) is 0.212. The molecule has 202 valence electrons. The smallest absolute Gasteiger partial charge is 0.341 e. The normalized spacial score (nSPS) is 11.5. The number of hydrogen-bond donors (Lipinski definition) is 1. The molecule has 0 bridgehead atoms. The molecule has 0 atom stereocenters. The first-order chi connectivity index (χ1) is 18.6. The molecule has 0 aliphatic carbocycles. The van der Waals surface area contributed by atoms with Gasteiger partial charge in [-0.1, -0.05) is 37.6 Å². The molecule has 0 spiro atoms. The average Bonchev–Trinajstić information content (AvgIpc) is 2.87. The minimum Gasteiger partial charge on any atom is -0.494 e. The van der Waals surface area contributed by atoms with Crippen molar-refractivity contribution in [3.63, 3.8) is 0 Å². The monoisotopic (exact) mass is 611 g/mol. The number of carboxylic acids is 1. The Bertz CT molecular complexity index is 1630. The first-order valence-corrected chi connectivity index (χ1v) is 13.4. The van der Waals surface area contributed by atoms with Crippen LogP contribution in [0.15, 0.2) is 62.9 Å². The van der Waals surface area contributed by atoms with Crippen molar-refractivity contribution in [2.75, 3.05) is 13.2 Å². The Morgan fingerprint density at radius 2 is 1.95 bits per heavy atom. The van der Waals surface area contributed by atoms with Gasteiger partial charge in [-0.25, -0.2) is 9.78 Å². The van der Waals surface area contributed by atoms with Gasteiger partial charge >= 0.3 is 5.97 Å². The number of nitrogens with zero attached hydrogens (tertiary/aromatic N) is 3. The number of carbonyl (C=O) groups is 1. The number of aromatic nitrogens is 2. The molecule has 1 aromatic heterocycles. The van der Waals surface area contributed by atoms with Crippen LogP contribution in [-0.4, -0.2) is 40.2 Å². The van der Waals surface area contributed by atoms with Gasteiger partial charge in [0.1, 0.15) is 5.75 Å². The summed E-state index contributed by atoms with van der Waals surface area (Å²) in [7, 11) is 0. The van der Waals surface area contributed by atoms with Crippen LogP contribution in [0, 0.1) is 6.92 Å². The predicted octanol–water partition coefficient (Wildman–Crippen LogP) is 6.66. The van der Waals surface area contributed by atoms with Crippen molar-refractivity contribution in [3.05, 3.63) is 85.1 Å². The molecule has 0 radical (unpaired) electrons. The molecule has 1 heterocycles. The zero-order valence-electron chi connectivity index (χ0n) is 21.9. The molecule has 0 unspecified atom stereocenters. The maximum Gasteiger partial charge on any atom is 0.341 e. The summed E-state index contributed by atoms with van der Waals surface area (Å²) in [5, 5.41) is 14.1. The largest absolute Gasteiger partial charge is 0.494 e. The second-order valence-electron chi connectivity index (χ2n) is 9.10. The van der Waals surface area contributed by atoms with Crippen molar-refractivity contribution in [1.29, 1.82) is 0 Å². The lowest BCUT2D eigenvalue weighted by Gasteiger charge is -2.18. The Hall–Kier alpha value is -3.69. The van der Waals surface area contributed by atoms with E-state index in [1.54, 1.807) is 30.3 Å². The molecule has 3 aromatic carbocycles. The highest BCUT2D eigenvalue weighted by atomic mass is 79.9. The topological polar surface area (TPSA) is 103 Å². The van der Waals surface area contributed by atoms with E-state index in [-0.39, 0.29) is 22.2 Å². The first kappa shape index (κ1) is 28.3. The van der Waals surface area contributed by atoms with E-state index in [9.17, 15) is 9.59 Å². The van der Waals surface area contributed by atoms with Gasteiger partial charge in [0.15, 0.2) is 18.2 Å². The van der Waals surface area contributed by atoms with E-state index < -0.39 is 12.6 Å². The number of benzene rings is 3. The molecule has 0 fully saturated rings. The predicted molar refractivity (Wildman–Crippen MR) is 157 cm³/mol. The summed E-state index contributed by atoms with van der Waals surface area (Å²) in [6.45, 7) is 8.07. The molecule has 0 saturated heterocycles. The number of fused-ring (bicyclic) bond motifs is 1. The summed E-state index contributed by atoms with van der Waals surface area (Å²) in [4.78, 5) is 29.4.